The number of carbonyl (C=O) groups excluding carboxylic acids is 1. The molecule has 0 bridgehead atoms. The monoisotopic (exact) mass is 563 g/mol. The van der Waals surface area contributed by atoms with E-state index in [1.807, 2.05) is 6.92 Å². The average Bonchev–Trinajstić information content (AvgIpc) is 2.76. The first kappa shape index (κ1) is 28.6. The van der Waals surface area contributed by atoms with Crippen molar-refractivity contribution in [3.8, 4) is 0 Å². The fourth-order valence-electron chi connectivity index (χ4n) is 3.60. The molecule has 0 aliphatic carbocycles. The van der Waals surface area contributed by atoms with Gasteiger partial charge < -0.3 is 20.7 Å². The lowest BCUT2D eigenvalue weighted by molar-refractivity contribution is -0.120. The minimum Gasteiger partial charge on any atom is -0.379 e. The Bertz CT molecular complexity index is 681. The normalized spacial score (nSPS) is 15.7. The van der Waals surface area contributed by atoms with Crippen molar-refractivity contribution in [3.05, 3.63) is 35.6 Å². The largest absolute Gasteiger partial charge is 0.379 e. The molecule has 182 valence electrons. The topological polar surface area (TPSA) is 78.0 Å². The van der Waals surface area contributed by atoms with Crippen LogP contribution in [0.2, 0.25) is 0 Å². The summed E-state index contributed by atoms with van der Waals surface area (Å²) in [6, 6.07) is 6.39. The van der Waals surface area contributed by atoms with Crippen LogP contribution in [0.1, 0.15) is 32.8 Å². The number of rotatable bonds is 11. The van der Waals surface area contributed by atoms with Crippen LogP contribution in [0.25, 0.3) is 0 Å². The molecule has 3 N–H and O–H groups in total. The van der Waals surface area contributed by atoms with Gasteiger partial charge in [-0.2, -0.15) is 0 Å². The van der Waals surface area contributed by atoms with Crippen LogP contribution in [-0.2, 0) is 16.0 Å². The van der Waals surface area contributed by atoms with Gasteiger partial charge in [-0.1, -0.05) is 26.0 Å². The molecular weight excluding hydrogens is 524 g/mol. The van der Waals surface area contributed by atoms with Crippen LogP contribution in [0.15, 0.2) is 29.3 Å². The molecule has 0 saturated carbocycles. The van der Waals surface area contributed by atoms with Gasteiger partial charge in [-0.25, -0.2) is 4.39 Å². The van der Waals surface area contributed by atoms with E-state index in [1.54, 1.807) is 12.1 Å². The summed E-state index contributed by atoms with van der Waals surface area (Å²) in [4.78, 5) is 19.3. The molecule has 7 nitrogen and oxygen atoms in total. The highest BCUT2D eigenvalue weighted by Crippen LogP contribution is 2.14. The molecule has 1 aromatic carbocycles. The molecule has 32 heavy (non-hydrogen) atoms. The van der Waals surface area contributed by atoms with Gasteiger partial charge in [0.15, 0.2) is 5.96 Å². The highest BCUT2D eigenvalue weighted by molar-refractivity contribution is 14.0. The first-order valence-corrected chi connectivity index (χ1v) is 11.3. The van der Waals surface area contributed by atoms with Gasteiger partial charge in [0.1, 0.15) is 5.82 Å². The molecule has 1 fully saturated rings. The van der Waals surface area contributed by atoms with E-state index in [0.29, 0.717) is 25.0 Å². The highest BCUT2D eigenvalue weighted by atomic mass is 127. The van der Waals surface area contributed by atoms with E-state index in [0.717, 1.165) is 57.3 Å². The molecule has 1 aromatic rings. The molecule has 0 radical (unpaired) electrons. The van der Waals surface area contributed by atoms with E-state index in [2.05, 4.69) is 34.7 Å². The van der Waals surface area contributed by atoms with Crippen LogP contribution >= 0.6 is 24.0 Å². The van der Waals surface area contributed by atoms with Gasteiger partial charge >= 0.3 is 0 Å². The Morgan fingerprint density at radius 3 is 2.41 bits per heavy atom. The molecule has 1 aliphatic rings. The Kier molecular flexibility index (Phi) is 14.5. The Morgan fingerprint density at radius 1 is 1.12 bits per heavy atom. The Balaban J connectivity index is 0.00000512. The zero-order valence-corrected chi connectivity index (χ0v) is 21.9. The second kappa shape index (κ2) is 16.2. The summed E-state index contributed by atoms with van der Waals surface area (Å²) in [6.07, 6.45) is 1.34. The molecule has 1 heterocycles. The molecule has 9 heteroatoms. The predicted molar refractivity (Wildman–Crippen MR) is 138 cm³/mol. The predicted octanol–water partition coefficient (Wildman–Crippen LogP) is 2.40. The first-order valence-electron chi connectivity index (χ1n) is 11.3. The van der Waals surface area contributed by atoms with Crippen molar-refractivity contribution >= 4 is 35.8 Å². The maximum atomic E-state index is 13.0. The van der Waals surface area contributed by atoms with E-state index < -0.39 is 0 Å². The third kappa shape index (κ3) is 11.4. The van der Waals surface area contributed by atoms with Crippen molar-refractivity contribution in [2.24, 2.45) is 10.9 Å². The van der Waals surface area contributed by atoms with E-state index in [-0.39, 0.29) is 42.1 Å². The smallest absolute Gasteiger partial charge is 0.224 e. The lowest BCUT2D eigenvalue weighted by Crippen LogP contribution is -2.47. The van der Waals surface area contributed by atoms with Gasteiger partial charge in [-0.05, 0) is 37.0 Å². The molecule has 2 rings (SSSR count). The van der Waals surface area contributed by atoms with E-state index in [4.69, 9.17) is 9.73 Å². The molecule has 1 unspecified atom stereocenters. The second-order valence-corrected chi connectivity index (χ2v) is 8.23. The van der Waals surface area contributed by atoms with Gasteiger partial charge in [0.05, 0.1) is 26.2 Å². The maximum absolute atomic E-state index is 13.0. The van der Waals surface area contributed by atoms with Crippen molar-refractivity contribution in [2.75, 3.05) is 52.5 Å². The molecule has 1 atom stereocenters. The van der Waals surface area contributed by atoms with Gasteiger partial charge in [-0.3, -0.25) is 14.7 Å². The zero-order chi connectivity index (χ0) is 22.5. The van der Waals surface area contributed by atoms with Gasteiger partial charge in [0, 0.05) is 38.8 Å². The third-order valence-corrected chi connectivity index (χ3v) is 5.13. The van der Waals surface area contributed by atoms with E-state index in [1.165, 1.54) is 12.1 Å². The van der Waals surface area contributed by atoms with Crippen molar-refractivity contribution in [1.82, 2.24) is 20.9 Å². The number of hydrogen-bond acceptors (Lipinski definition) is 4. The Labute approximate surface area is 209 Å². The fraction of sp³-hybridized carbons (Fsp3) is 0.652. The van der Waals surface area contributed by atoms with Crippen molar-refractivity contribution in [1.29, 1.82) is 0 Å². The van der Waals surface area contributed by atoms with E-state index in [9.17, 15) is 9.18 Å². The summed E-state index contributed by atoms with van der Waals surface area (Å²) in [7, 11) is 0. The first-order chi connectivity index (χ1) is 15.0. The zero-order valence-electron chi connectivity index (χ0n) is 19.5. The average molecular weight is 564 g/mol. The van der Waals surface area contributed by atoms with Crippen LogP contribution in [0, 0.1) is 11.7 Å². The summed E-state index contributed by atoms with van der Waals surface area (Å²) in [6.45, 7) is 12.6. The highest BCUT2D eigenvalue weighted by Gasteiger charge is 2.21. The van der Waals surface area contributed by atoms with Crippen LogP contribution in [0.5, 0.6) is 0 Å². The van der Waals surface area contributed by atoms with Crippen molar-refractivity contribution < 1.29 is 13.9 Å². The lowest BCUT2D eigenvalue weighted by atomic mass is 10.0. The van der Waals surface area contributed by atoms with Crippen LogP contribution < -0.4 is 16.0 Å². The number of nitrogens with one attached hydrogen (secondary N) is 3. The quantitative estimate of drug-likeness (QED) is 0.167. The number of nitrogens with zero attached hydrogens (tertiary/aromatic N) is 2. The second-order valence-electron chi connectivity index (χ2n) is 8.23. The molecule has 1 aliphatic heterocycles. The molecule has 0 aromatic heterocycles. The van der Waals surface area contributed by atoms with Gasteiger partial charge in [0.25, 0.3) is 0 Å². The Hall–Kier alpha value is -1.46. The summed E-state index contributed by atoms with van der Waals surface area (Å²) in [5.74, 6) is 0.986. The SMILES string of the molecule is CCNC(=NCC(CC(C)C)N1CCOCC1)NCCNC(=O)Cc1ccc(F)cc1.I. The number of carbonyl (C=O) groups is 1. The van der Waals surface area contributed by atoms with E-state index >= 15 is 0 Å². The summed E-state index contributed by atoms with van der Waals surface area (Å²) in [5, 5.41) is 9.45. The van der Waals surface area contributed by atoms with Gasteiger partial charge in [0.2, 0.25) is 5.91 Å². The molecule has 1 saturated heterocycles. The maximum Gasteiger partial charge on any atom is 0.224 e. The summed E-state index contributed by atoms with van der Waals surface area (Å²) < 4.78 is 18.5. The number of ether oxygens (including phenoxy) is 1. The number of guanidine groups is 1. The molecule has 0 spiro atoms. The Morgan fingerprint density at radius 2 is 1.78 bits per heavy atom. The lowest BCUT2D eigenvalue weighted by Gasteiger charge is -2.34. The number of halogens is 2. The third-order valence-electron chi connectivity index (χ3n) is 5.13. The number of amides is 1. The molecular formula is C23H39FIN5O2. The van der Waals surface area contributed by atoms with Crippen molar-refractivity contribution in [3.63, 3.8) is 0 Å². The summed E-state index contributed by atoms with van der Waals surface area (Å²) in [5.41, 5.74) is 0.793. The fourth-order valence-corrected chi connectivity index (χ4v) is 3.60. The summed E-state index contributed by atoms with van der Waals surface area (Å²) >= 11 is 0. The van der Waals surface area contributed by atoms with Crippen LogP contribution in [0.4, 0.5) is 4.39 Å². The standard InChI is InChI=1S/C23H38FN5O2.HI/c1-4-25-23(28-17-21(15-18(2)3)29-11-13-31-14-12-29)27-10-9-26-22(30)16-19-5-7-20(24)8-6-19;/h5-8,18,21H,4,9-17H2,1-3H3,(H,26,30)(H2,25,27,28);1H. The number of morpholine rings is 1. The minimum absolute atomic E-state index is 0. The van der Waals surface area contributed by atoms with Crippen LogP contribution in [0.3, 0.4) is 0 Å². The number of benzene rings is 1. The van der Waals surface area contributed by atoms with Gasteiger partial charge in [-0.15, -0.1) is 24.0 Å². The number of hydrogen-bond donors (Lipinski definition) is 3. The van der Waals surface area contributed by atoms with Crippen molar-refractivity contribution in [2.45, 2.75) is 39.7 Å². The number of aliphatic imine (C=N–C) groups is 1. The molecule has 1 amide bonds. The minimum atomic E-state index is -0.298. The van der Waals surface area contributed by atoms with Crippen LogP contribution in [-0.4, -0.2) is 75.3 Å².